The molecule has 1 rings (SSSR count). The van der Waals surface area contributed by atoms with E-state index in [1.54, 1.807) is 0 Å². The minimum Gasteiger partial charge on any atom is -0.410 e. The third-order valence-corrected chi connectivity index (χ3v) is 2.61. The zero-order valence-electron chi connectivity index (χ0n) is 7.05. The molecule has 1 heterocycles. The first kappa shape index (κ1) is 8.09. The normalized spacial score (nSPS) is 38.8. The van der Waals surface area contributed by atoms with Crippen LogP contribution < -0.4 is 0 Å². The highest BCUT2D eigenvalue weighted by molar-refractivity contribution is 6.18. The molecule has 0 bridgehead atoms. The molecular formula is C7H14BO2. The molecular weight excluding hydrogens is 127 g/mol. The van der Waals surface area contributed by atoms with Crippen molar-refractivity contribution in [3.63, 3.8) is 0 Å². The topological polar surface area (TPSA) is 18.5 Å². The van der Waals surface area contributed by atoms with Gasteiger partial charge in [0, 0.05) is 17.6 Å². The Hall–Kier alpha value is -0.0151. The van der Waals surface area contributed by atoms with Gasteiger partial charge in [-0.3, -0.25) is 0 Å². The SMILES string of the molecule is CC1O[B]OC(C)C1(C)C. The summed E-state index contributed by atoms with van der Waals surface area (Å²) in [6.45, 7) is 8.43. The highest BCUT2D eigenvalue weighted by atomic mass is 16.6. The van der Waals surface area contributed by atoms with E-state index in [4.69, 9.17) is 9.31 Å². The van der Waals surface area contributed by atoms with Crippen LogP contribution in [0.2, 0.25) is 0 Å². The third-order valence-electron chi connectivity index (χ3n) is 2.61. The van der Waals surface area contributed by atoms with Gasteiger partial charge in [-0.2, -0.15) is 0 Å². The first-order valence-corrected chi connectivity index (χ1v) is 3.67. The lowest BCUT2D eigenvalue weighted by molar-refractivity contribution is -0.0629. The Balaban J connectivity index is 2.63. The zero-order valence-corrected chi connectivity index (χ0v) is 7.05. The standard InChI is InChI=1S/C7H14BO2/c1-5-7(3,4)6(2)10-8-9-5/h5-6H,1-4H3. The summed E-state index contributed by atoms with van der Waals surface area (Å²) in [6.07, 6.45) is 0.493. The second-order valence-electron chi connectivity index (χ2n) is 3.47. The van der Waals surface area contributed by atoms with Crippen molar-refractivity contribution in [3.05, 3.63) is 0 Å². The summed E-state index contributed by atoms with van der Waals surface area (Å²) in [5.41, 5.74) is 0.120. The minimum atomic E-state index is 0.120. The first-order valence-electron chi connectivity index (χ1n) is 3.67. The lowest BCUT2D eigenvalue weighted by Gasteiger charge is -2.41. The van der Waals surface area contributed by atoms with Gasteiger partial charge >= 0.3 is 7.69 Å². The highest BCUT2D eigenvalue weighted by Gasteiger charge is 2.37. The maximum atomic E-state index is 5.22. The summed E-state index contributed by atoms with van der Waals surface area (Å²) in [5.74, 6) is 0. The fourth-order valence-corrected chi connectivity index (χ4v) is 0.880. The van der Waals surface area contributed by atoms with E-state index in [1.165, 1.54) is 7.69 Å². The van der Waals surface area contributed by atoms with Crippen LogP contribution in [0.4, 0.5) is 0 Å². The van der Waals surface area contributed by atoms with Crippen LogP contribution >= 0.6 is 0 Å². The average Bonchev–Trinajstić information content (AvgIpc) is 1.84. The van der Waals surface area contributed by atoms with Gasteiger partial charge in [-0.05, 0) is 13.8 Å². The van der Waals surface area contributed by atoms with Crippen molar-refractivity contribution in [2.75, 3.05) is 0 Å². The molecule has 2 atom stereocenters. The quantitative estimate of drug-likeness (QED) is 0.474. The lowest BCUT2D eigenvalue weighted by Crippen LogP contribution is -2.46. The second kappa shape index (κ2) is 2.55. The van der Waals surface area contributed by atoms with Crippen molar-refractivity contribution in [3.8, 4) is 0 Å². The molecule has 2 nitrogen and oxygen atoms in total. The van der Waals surface area contributed by atoms with Crippen LogP contribution in [-0.4, -0.2) is 19.9 Å². The van der Waals surface area contributed by atoms with Crippen LogP contribution in [0.1, 0.15) is 27.7 Å². The Kier molecular flexibility index (Phi) is 2.06. The van der Waals surface area contributed by atoms with Crippen LogP contribution in [0.5, 0.6) is 0 Å². The highest BCUT2D eigenvalue weighted by Crippen LogP contribution is 2.32. The third kappa shape index (κ3) is 1.20. The van der Waals surface area contributed by atoms with Crippen molar-refractivity contribution in [1.29, 1.82) is 0 Å². The maximum absolute atomic E-state index is 5.22. The van der Waals surface area contributed by atoms with Gasteiger partial charge in [-0.1, -0.05) is 13.8 Å². The minimum absolute atomic E-state index is 0.120. The largest absolute Gasteiger partial charge is 0.488 e. The van der Waals surface area contributed by atoms with E-state index in [1.807, 2.05) is 0 Å². The monoisotopic (exact) mass is 141 g/mol. The van der Waals surface area contributed by atoms with Crippen molar-refractivity contribution in [1.82, 2.24) is 0 Å². The van der Waals surface area contributed by atoms with E-state index in [2.05, 4.69) is 27.7 Å². The Labute approximate surface area is 63.2 Å². The molecule has 0 aromatic heterocycles. The Morgan fingerprint density at radius 2 is 1.50 bits per heavy atom. The van der Waals surface area contributed by atoms with Crippen LogP contribution in [0.15, 0.2) is 0 Å². The lowest BCUT2D eigenvalue weighted by atomic mass is 9.80. The molecule has 1 aliphatic heterocycles. The van der Waals surface area contributed by atoms with Gasteiger partial charge in [-0.25, -0.2) is 0 Å². The van der Waals surface area contributed by atoms with Crippen LogP contribution in [0.25, 0.3) is 0 Å². The fraction of sp³-hybridized carbons (Fsp3) is 1.00. The molecule has 0 aromatic rings. The van der Waals surface area contributed by atoms with Crippen molar-refractivity contribution in [2.45, 2.75) is 39.9 Å². The van der Waals surface area contributed by atoms with Gasteiger partial charge in [0.05, 0.1) is 0 Å². The second-order valence-corrected chi connectivity index (χ2v) is 3.47. The van der Waals surface area contributed by atoms with Crippen LogP contribution in [0, 0.1) is 5.41 Å². The van der Waals surface area contributed by atoms with E-state index >= 15 is 0 Å². The molecule has 0 amide bonds. The van der Waals surface area contributed by atoms with Gasteiger partial charge in [0.1, 0.15) is 0 Å². The van der Waals surface area contributed by atoms with Crippen LogP contribution in [0.3, 0.4) is 0 Å². The molecule has 0 aromatic carbocycles. The molecule has 57 valence electrons. The van der Waals surface area contributed by atoms with Crippen LogP contribution in [-0.2, 0) is 9.31 Å². The van der Waals surface area contributed by atoms with E-state index in [0.29, 0.717) is 0 Å². The molecule has 1 fully saturated rings. The van der Waals surface area contributed by atoms with E-state index < -0.39 is 0 Å². The Morgan fingerprint density at radius 1 is 1.10 bits per heavy atom. The van der Waals surface area contributed by atoms with Gasteiger partial charge in [-0.15, -0.1) is 0 Å². The molecule has 1 radical (unpaired) electrons. The first-order chi connectivity index (χ1) is 4.55. The van der Waals surface area contributed by atoms with Crippen molar-refractivity contribution in [2.24, 2.45) is 5.41 Å². The van der Waals surface area contributed by atoms with Crippen molar-refractivity contribution < 1.29 is 9.31 Å². The zero-order chi connectivity index (χ0) is 7.78. The van der Waals surface area contributed by atoms with E-state index in [-0.39, 0.29) is 17.6 Å². The maximum Gasteiger partial charge on any atom is 0.488 e. The molecule has 1 saturated heterocycles. The molecule has 0 saturated carbocycles. The summed E-state index contributed by atoms with van der Waals surface area (Å²) in [6, 6.07) is 0. The molecule has 10 heavy (non-hydrogen) atoms. The summed E-state index contributed by atoms with van der Waals surface area (Å²) in [4.78, 5) is 0. The Morgan fingerprint density at radius 3 is 1.80 bits per heavy atom. The molecule has 0 aliphatic carbocycles. The fourth-order valence-electron chi connectivity index (χ4n) is 0.880. The molecule has 3 heteroatoms. The van der Waals surface area contributed by atoms with Gasteiger partial charge in [0.2, 0.25) is 0 Å². The predicted molar refractivity (Wildman–Crippen MR) is 40.6 cm³/mol. The van der Waals surface area contributed by atoms with E-state index in [9.17, 15) is 0 Å². The molecule has 2 unspecified atom stereocenters. The number of hydrogen-bond acceptors (Lipinski definition) is 2. The van der Waals surface area contributed by atoms with Crippen molar-refractivity contribution >= 4 is 7.69 Å². The molecule has 0 N–H and O–H groups in total. The molecule has 0 spiro atoms. The smallest absolute Gasteiger partial charge is 0.410 e. The van der Waals surface area contributed by atoms with E-state index in [0.717, 1.165) is 0 Å². The predicted octanol–water partition coefficient (Wildman–Crippen LogP) is 1.37. The summed E-state index contributed by atoms with van der Waals surface area (Å²) < 4.78 is 10.4. The average molecular weight is 141 g/mol. The Bertz CT molecular complexity index is 113. The number of hydrogen-bond donors (Lipinski definition) is 0. The summed E-state index contributed by atoms with van der Waals surface area (Å²) >= 11 is 0. The summed E-state index contributed by atoms with van der Waals surface area (Å²) in [7, 11) is 1.45. The molecule has 1 aliphatic rings. The van der Waals surface area contributed by atoms with Gasteiger partial charge in [0.25, 0.3) is 0 Å². The van der Waals surface area contributed by atoms with Gasteiger partial charge < -0.3 is 9.31 Å². The van der Waals surface area contributed by atoms with Gasteiger partial charge in [0.15, 0.2) is 0 Å². The number of rotatable bonds is 0. The summed E-state index contributed by atoms with van der Waals surface area (Å²) in [5, 5.41) is 0.